The third-order valence-corrected chi connectivity index (χ3v) is 5.52. The fraction of sp³-hybridized carbons (Fsp3) is 0.103. The topological polar surface area (TPSA) is 82.1 Å². The minimum Gasteiger partial charge on any atom is -0.487 e. The van der Waals surface area contributed by atoms with Crippen LogP contribution in [0, 0.1) is 36.5 Å². The van der Waals surface area contributed by atoms with Crippen molar-refractivity contribution in [2.45, 2.75) is 20.5 Å². The van der Waals surface area contributed by atoms with E-state index in [4.69, 9.17) is 15.0 Å². The third-order valence-electron chi connectivity index (χ3n) is 5.52. The Morgan fingerprint density at radius 3 is 2.32 bits per heavy atom. The van der Waals surface area contributed by atoms with Crippen molar-refractivity contribution >= 4 is 11.9 Å². The van der Waals surface area contributed by atoms with Crippen molar-refractivity contribution in [3.8, 4) is 29.0 Å². The van der Waals surface area contributed by atoms with Crippen LogP contribution in [-0.2, 0) is 6.61 Å². The van der Waals surface area contributed by atoms with E-state index in [0.717, 1.165) is 33.5 Å². The van der Waals surface area contributed by atoms with Crippen molar-refractivity contribution in [3.05, 3.63) is 113 Å². The minimum atomic E-state index is 0.373. The first-order valence-electron chi connectivity index (χ1n) is 10.8. The van der Waals surface area contributed by atoms with E-state index in [2.05, 4.69) is 17.1 Å². The van der Waals surface area contributed by atoms with Crippen molar-refractivity contribution in [1.82, 2.24) is 4.98 Å². The number of aliphatic imine (C=N–C) groups is 1. The van der Waals surface area contributed by atoms with Gasteiger partial charge < -0.3 is 4.74 Å². The number of pyridine rings is 1. The highest BCUT2D eigenvalue weighted by molar-refractivity contribution is 5.87. The fourth-order valence-corrected chi connectivity index (χ4v) is 3.61. The molecule has 0 aliphatic heterocycles. The van der Waals surface area contributed by atoms with Crippen molar-refractivity contribution in [2.24, 2.45) is 4.99 Å². The SMILES string of the molecule is Cc1ncc(C=Nc2cc(C#N)ccc2-c2ccccc2)c(C)c1OCc1ccc(C#N)cc1. The smallest absolute Gasteiger partial charge is 0.144 e. The number of aryl methyl sites for hydroxylation is 1. The molecule has 0 saturated carbocycles. The van der Waals surface area contributed by atoms with Crippen molar-refractivity contribution in [2.75, 3.05) is 0 Å². The van der Waals surface area contributed by atoms with Gasteiger partial charge in [0.2, 0.25) is 0 Å². The number of nitriles is 2. The number of ether oxygens (including phenoxy) is 1. The molecule has 0 aliphatic rings. The minimum absolute atomic E-state index is 0.373. The van der Waals surface area contributed by atoms with E-state index < -0.39 is 0 Å². The molecule has 0 N–H and O–H groups in total. The van der Waals surface area contributed by atoms with Gasteiger partial charge in [0.25, 0.3) is 0 Å². The van der Waals surface area contributed by atoms with E-state index >= 15 is 0 Å². The van der Waals surface area contributed by atoms with E-state index in [-0.39, 0.29) is 0 Å². The molecule has 1 aromatic heterocycles. The van der Waals surface area contributed by atoms with Crippen LogP contribution in [0.25, 0.3) is 11.1 Å². The van der Waals surface area contributed by atoms with Crippen molar-refractivity contribution in [3.63, 3.8) is 0 Å². The van der Waals surface area contributed by atoms with Crippen LogP contribution in [0.3, 0.4) is 0 Å². The van der Waals surface area contributed by atoms with Gasteiger partial charge in [-0.15, -0.1) is 0 Å². The van der Waals surface area contributed by atoms with E-state index in [0.29, 0.717) is 29.2 Å². The van der Waals surface area contributed by atoms with Gasteiger partial charge >= 0.3 is 0 Å². The van der Waals surface area contributed by atoms with Gasteiger partial charge in [-0.05, 0) is 49.2 Å². The second-order valence-corrected chi connectivity index (χ2v) is 7.82. The Kier molecular flexibility index (Phi) is 6.77. The Morgan fingerprint density at radius 2 is 1.62 bits per heavy atom. The summed E-state index contributed by atoms with van der Waals surface area (Å²) in [6, 6.07) is 27.1. The van der Waals surface area contributed by atoms with E-state index in [1.54, 1.807) is 36.7 Å². The highest BCUT2D eigenvalue weighted by atomic mass is 16.5. The Hall–Kier alpha value is -4.74. The summed E-state index contributed by atoms with van der Waals surface area (Å²) >= 11 is 0. The van der Waals surface area contributed by atoms with E-state index in [1.807, 2.05) is 62.4 Å². The molecule has 164 valence electrons. The lowest BCUT2D eigenvalue weighted by atomic mass is 10.0. The number of rotatable bonds is 6. The van der Waals surface area contributed by atoms with Crippen LogP contribution in [0.1, 0.15) is 33.5 Å². The zero-order valence-electron chi connectivity index (χ0n) is 19.0. The number of hydrogen-bond acceptors (Lipinski definition) is 5. The lowest BCUT2D eigenvalue weighted by Crippen LogP contribution is -2.03. The monoisotopic (exact) mass is 442 g/mol. The lowest BCUT2D eigenvalue weighted by molar-refractivity contribution is 0.300. The molecule has 4 rings (SSSR count). The van der Waals surface area contributed by atoms with Crippen LogP contribution in [0.4, 0.5) is 5.69 Å². The predicted molar refractivity (Wildman–Crippen MR) is 133 cm³/mol. The van der Waals surface area contributed by atoms with E-state index in [9.17, 15) is 5.26 Å². The maximum Gasteiger partial charge on any atom is 0.144 e. The molecule has 0 radical (unpaired) electrons. The Labute approximate surface area is 199 Å². The average molecular weight is 443 g/mol. The summed E-state index contributed by atoms with van der Waals surface area (Å²) in [5, 5.41) is 18.3. The normalized spacial score (nSPS) is 10.6. The highest BCUT2D eigenvalue weighted by Crippen LogP contribution is 2.32. The van der Waals surface area contributed by atoms with Gasteiger partial charge in [-0.1, -0.05) is 48.5 Å². The summed E-state index contributed by atoms with van der Waals surface area (Å²) in [5.74, 6) is 0.711. The van der Waals surface area contributed by atoms with Crippen LogP contribution < -0.4 is 4.74 Å². The molecule has 34 heavy (non-hydrogen) atoms. The molecular formula is C29H22N4O. The molecule has 0 fully saturated rings. The molecule has 5 heteroatoms. The average Bonchev–Trinajstić information content (AvgIpc) is 2.89. The molecule has 0 spiro atoms. The van der Waals surface area contributed by atoms with E-state index in [1.165, 1.54) is 0 Å². The Bertz CT molecular complexity index is 1430. The first-order valence-corrected chi connectivity index (χ1v) is 10.8. The predicted octanol–water partition coefficient (Wildman–Crippen LogP) is 6.44. The van der Waals surface area contributed by atoms with Crippen molar-refractivity contribution in [1.29, 1.82) is 10.5 Å². The molecule has 0 atom stereocenters. The largest absolute Gasteiger partial charge is 0.487 e. The fourth-order valence-electron chi connectivity index (χ4n) is 3.61. The van der Waals surface area contributed by atoms with Gasteiger partial charge in [-0.2, -0.15) is 10.5 Å². The van der Waals surface area contributed by atoms with Crippen LogP contribution in [0.5, 0.6) is 5.75 Å². The second kappa shape index (κ2) is 10.3. The van der Waals surface area contributed by atoms with Gasteiger partial charge in [0.1, 0.15) is 12.4 Å². The first-order chi connectivity index (χ1) is 16.6. The molecule has 0 saturated heterocycles. The number of aromatic nitrogens is 1. The summed E-state index contributed by atoms with van der Waals surface area (Å²) in [7, 11) is 0. The maximum absolute atomic E-state index is 9.36. The Balaban J connectivity index is 1.63. The molecule has 0 amide bonds. The molecule has 3 aromatic carbocycles. The lowest BCUT2D eigenvalue weighted by Gasteiger charge is -2.13. The zero-order chi connectivity index (χ0) is 23.9. The summed E-state index contributed by atoms with van der Waals surface area (Å²) in [5.41, 5.74) is 7.39. The quantitative estimate of drug-likeness (QED) is 0.322. The summed E-state index contributed by atoms with van der Waals surface area (Å²) in [4.78, 5) is 9.22. The molecule has 0 aliphatic carbocycles. The Morgan fingerprint density at radius 1 is 0.912 bits per heavy atom. The maximum atomic E-state index is 9.36. The van der Waals surface area contributed by atoms with Crippen LogP contribution in [-0.4, -0.2) is 11.2 Å². The standard InChI is InChI=1S/C29H22N4O/c1-20-26(17-32-21(2)29(20)34-19-23-10-8-22(15-30)9-11-23)18-33-28-14-24(16-31)12-13-27(28)25-6-4-3-5-7-25/h3-14,17-18H,19H2,1-2H3. The van der Waals surface area contributed by atoms with Crippen LogP contribution >= 0.6 is 0 Å². The van der Waals surface area contributed by atoms with Gasteiger partial charge in [0.05, 0.1) is 34.6 Å². The third kappa shape index (κ3) is 5.01. The molecular weight excluding hydrogens is 420 g/mol. The molecule has 5 nitrogen and oxygen atoms in total. The summed E-state index contributed by atoms with van der Waals surface area (Å²) in [6.45, 7) is 4.26. The zero-order valence-corrected chi connectivity index (χ0v) is 19.0. The molecule has 0 bridgehead atoms. The first kappa shape index (κ1) is 22.5. The number of benzene rings is 3. The molecule has 0 unspecified atom stereocenters. The summed E-state index contributed by atoms with van der Waals surface area (Å²) < 4.78 is 6.10. The van der Waals surface area contributed by atoms with Crippen LogP contribution in [0.2, 0.25) is 0 Å². The van der Waals surface area contributed by atoms with Gasteiger partial charge in [-0.25, -0.2) is 0 Å². The second-order valence-electron chi connectivity index (χ2n) is 7.82. The van der Waals surface area contributed by atoms with Crippen molar-refractivity contribution < 1.29 is 4.74 Å². The molecule has 1 heterocycles. The number of nitrogens with zero attached hydrogens (tertiary/aromatic N) is 4. The molecule has 4 aromatic rings. The van der Waals surface area contributed by atoms with Gasteiger partial charge in [-0.3, -0.25) is 9.98 Å². The summed E-state index contributed by atoms with van der Waals surface area (Å²) in [6.07, 6.45) is 3.54. The number of hydrogen-bond donors (Lipinski definition) is 0. The van der Waals surface area contributed by atoms with Gasteiger partial charge in [0.15, 0.2) is 0 Å². The van der Waals surface area contributed by atoms with Gasteiger partial charge in [0, 0.05) is 29.1 Å². The highest BCUT2D eigenvalue weighted by Gasteiger charge is 2.11. The van der Waals surface area contributed by atoms with Crippen LogP contribution in [0.15, 0.2) is 84.0 Å².